The summed E-state index contributed by atoms with van der Waals surface area (Å²) in [5.41, 5.74) is 10.0. The predicted molar refractivity (Wildman–Crippen MR) is 131 cm³/mol. The Morgan fingerprint density at radius 2 is 2.09 bits per heavy atom. The minimum atomic E-state index is -0.123. The average Bonchev–Trinajstić information content (AvgIpc) is 3.48. The summed E-state index contributed by atoms with van der Waals surface area (Å²) in [5, 5.41) is 7.52. The van der Waals surface area contributed by atoms with Gasteiger partial charge in [0.1, 0.15) is 21.3 Å². The molecule has 8 nitrogen and oxygen atoms in total. The molecule has 6 rings (SSSR count). The normalized spacial score (nSPS) is 24.2. The van der Waals surface area contributed by atoms with Crippen LogP contribution in [0.3, 0.4) is 0 Å². The van der Waals surface area contributed by atoms with Crippen molar-refractivity contribution in [1.29, 1.82) is 0 Å². The number of pyridine rings is 1. The van der Waals surface area contributed by atoms with Crippen molar-refractivity contribution < 1.29 is 4.79 Å². The average molecular weight is 464 g/mol. The molecule has 33 heavy (non-hydrogen) atoms. The van der Waals surface area contributed by atoms with E-state index in [1.165, 1.54) is 29.0 Å². The third-order valence-electron chi connectivity index (χ3n) is 7.41. The van der Waals surface area contributed by atoms with Crippen molar-refractivity contribution in [3.63, 3.8) is 0 Å². The van der Waals surface area contributed by atoms with Gasteiger partial charge in [0, 0.05) is 37.4 Å². The first-order valence-electron chi connectivity index (χ1n) is 11.8. The van der Waals surface area contributed by atoms with Crippen LogP contribution in [0.25, 0.3) is 10.2 Å². The first kappa shape index (κ1) is 20.8. The monoisotopic (exact) mass is 463 g/mol. The Hall–Kier alpha value is -2.78. The number of rotatable bonds is 3. The zero-order valence-corrected chi connectivity index (χ0v) is 19.8. The molecule has 172 valence electrons. The van der Waals surface area contributed by atoms with Crippen LogP contribution in [0.4, 0.5) is 11.5 Å². The van der Waals surface area contributed by atoms with E-state index in [1.54, 1.807) is 0 Å². The molecule has 3 atom stereocenters. The Morgan fingerprint density at radius 1 is 1.21 bits per heavy atom. The van der Waals surface area contributed by atoms with Gasteiger partial charge in [-0.25, -0.2) is 15.0 Å². The maximum absolute atomic E-state index is 13.1. The summed E-state index contributed by atoms with van der Waals surface area (Å²) < 4.78 is 0. The number of anilines is 2. The van der Waals surface area contributed by atoms with E-state index >= 15 is 0 Å². The van der Waals surface area contributed by atoms with Crippen molar-refractivity contribution in [3.8, 4) is 0 Å². The molecule has 3 aromatic rings. The maximum atomic E-state index is 13.1. The van der Waals surface area contributed by atoms with Crippen molar-refractivity contribution >= 4 is 39.0 Å². The van der Waals surface area contributed by atoms with E-state index in [-0.39, 0.29) is 11.9 Å². The van der Waals surface area contributed by atoms with Gasteiger partial charge in [-0.2, -0.15) is 0 Å². The van der Waals surface area contributed by atoms with Gasteiger partial charge in [-0.1, -0.05) is 6.07 Å². The second-order valence-corrected chi connectivity index (χ2v) is 10.5. The molecule has 2 aliphatic heterocycles. The van der Waals surface area contributed by atoms with Gasteiger partial charge in [0.2, 0.25) is 0 Å². The quantitative estimate of drug-likeness (QED) is 0.547. The molecule has 0 saturated carbocycles. The SMILES string of the molecule is Cc1nc(C)c2c(N)c(C(=O)NC3CCc4nc(N5CCC6CNCC65)ccc4C3)sc2n1. The largest absolute Gasteiger partial charge is 0.397 e. The fraction of sp³-hybridized carbons (Fsp3) is 0.500. The number of thiophene rings is 1. The molecular weight excluding hydrogens is 434 g/mol. The van der Waals surface area contributed by atoms with Crippen molar-refractivity contribution in [2.75, 3.05) is 30.3 Å². The Kier molecular flexibility index (Phi) is 4.99. The molecule has 0 bridgehead atoms. The molecule has 5 heterocycles. The fourth-order valence-electron chi connectivity index (χ4n) is 5.77. The molecular formula is C24H29N7OS. The molecule has 0 radical (unpaired) electrons. The van der Waals surface area contributed by atoms with E-state index in [0.717, 1.165) is 66.5 Å². The standard InChI is InChI=1S/C24H29N7OS/c1-12-20-21(25)22(33-24(20)28-13(2)27-12)23(32)29-16-4-5-17-14(9-16)3-6-19(30-17)31-8-7-15-10-26-11-18(15)31/h3,6,15-16,18,26H,4-5,7-11,25H2,1-2H3,(H,29,32). The predicted octanol–water partition coefficient (Wildman–Crippen LogP) is 2.37. The van der Waals surface area contributed by atoms with Crippen LogP contribution in [0.5, 0.6) is 0 Å². The third-order valence-corrected chi connectivity index (χ3v) is 8.51. The van der Waals surface area contributed by atoms with Gasteiger partial charge >= 0.3 is 0 Å². The van der Waals surface area contributed by atoms with Crippen molar-refractivity contribution in [3.05, 3.63) is 39.8 Å². The van der Waals surface area contributed by atoms with E-state index in [2.05, 4.69) is 37.6 Å². The minimum Gasteiger partial charge on any atom is -0.397 e. The first-order chi connectivity index (χ1) is 16.0. The zero-order chi connectivity index (χ0) is 22.7. The van der Waals surface area contributed by atoms with Crippen molar-refractivity contribution in [1.82, 2.24) is 25.6 Å². The number of nitrogens with zero attached hydrogens (tertiary/aromatic N) is 4. The highest BCUT2D eigenvalue weighted by Crippen LogP contribution is 2.35. The number of hydrogen-bond acceptors (Lipinski definition) is 8. The number of aromatic nitrogens is 3. The number of carbonyl (C=O) groups excluding carboxylic acids is 1. The number of carbonyl (C=O) groups is 1. The molecule has 0 spiro atoms. The lowest BCUT2D eigenvalue weighted by Gasteiger charge is -2.28. The molecule has 4 N–H and O–H groups in total. The molecule has 3 unspecified atom stereocenters. The van der Waals surface area contributed by atoms with Crippen LogP contribution < -0.4 is 21.3 Å². The van der Waals surface area contributed by atoms with Crippen molar-refractivity contribution in [2.24, 2.45) is 5.92 Å². The van der Waals surface area contributed by atoms with Crippen LogP contribution in [0.15, 0.2) is 12.1 Å². The highest BCUT2D eigenvalue weighted by Gasteiger charge is 2.38. The highest BCUT2D eigenvalue weighted by molar-refractivity contribution is 7.21. The third kappa shape index (κ3) is 3.54. The number of nitrogens with two attached hydrogens (primary N) is 1. The second-order valence-electron chi connectivity index (χ2n) is 9.54. The smallest absolute Gasteiger partial charge is 0.263 e. The van der Waals surface area contributed by atoms with E-state index < -0.39 is 0 Å². The summed E-state index contributed by atoms with van der Waals surface area (Å²) >= 11 is 1.35. The number of amides is 1. The van der Waals surface area contributed by atoms with Gasteiger partial charge in [0.25, 0.3) is 5.91 Å². The molecule has 0 aromatic carbocycles. The van der Waals surface area contributed by atoms with Crippen LogP contribution in [0.2, 0.25) is 0 Å². The van der Waals surface area contributed by atoms with Gasteiger partial charge in [0.15, 0.2) is 0 Å². The lowest BCUT2D eigenvalue weighted by atomic mass is 9.91. The molecule has 3 aliphatic rings. The first-order valence-corrected chi connectivity index (χ1v) is 12.6. The highest BCUT2D eigenvalue weighted by atomic mass is 32.1. The van der Waals surface area contributed by atoms with Gasteiger partial charge in [-0.05, 0) is 57.1 Å². The van der Waals surface area contributed by atoms with E-state index in [0.29, 0.717) is 22.4 Å². The van der Waals surface area contributed by atoms with E-state index in [1.807, 2.05) is 13.8 Å². The second kappa shape index (κ2) is 7.92. The summed E-state index contributed by atoms with van der Waals surface area (Å²) in [6.45, 7) is 7.05. The molecule has 1 amide bonds. The Morgan fingerprint density at radius 3 is 2.97 bits per heavy atom. The summed E-state index contributed by atoms with van der Waals surface area (Å²) in [6, 6.07) is 5.03. The van der Waals surface area contributed by atoms with Gasteiger partial charge in [0.05, 0.1) is 16.8 Å². The number of aryl methyl sites for hydroxylation is 3. The lowest BCUT2D eigenvalue weighted by Crippen LogP contribution is -2.39. The summed E-state index contributed by atoms with van der Waals surface area (Å²) in [7, 11) is 0. The maximum Gasteiger partial charge on any atom is 0.263 e. The minimum absolute atomic E-state index is 0.0754. The number of fused-ring (bicyclic) bond motifs is 3. The van der Waals surface area contributed by atoms with Gasteiger partial charge in [-0.15, -0.1) is 11.3 Å². The Bertz CT molecular complexity index is 1260. The van der Waals surface area contributed by atoms with Crippen molar-refractivity contribution in [2.45, 2.75) is 51.6 Å². The molecule has 2 saturated heterocycles. The van der Waals surface area contributed by atoms with Gasteiger partial charge < -0.3 is 21.3 Å². The van der Waals surface area contributed by atoms with Gasteiger partial charge in [-0.3, -0.25) is 4.79 Å². The van der Waals surface area contributed by atoms with E-state index in [4.69, 9.17) is 10.7 Å². The zero-order valence-electron chi connectivity index (χ0n) is 19.0. The Labute approximate surface area is 197 Å². The molecule has 3 aromatic heterocycles. The van der Waals surface area contributed by atoms with Crippen LogP contribution >= 0.6 is 11.3 Å². The topological polar surface area (TPSA) is 109 Å². The fourth-order valence-corrected chi connectivity index (χ4v) is 6.86. The van der Waals surface area contributed by atoms with Crippen LogP contribution in [-0.4, -0.2) is 52.6 Å². The number of nitrogens with one attached hydrogen (secondary N) is 2. The van der Waals surface area contributed by atoms with Crippen LogP contribution in [0, 0.1) is 19.8 Å². The molecule has 9 heteroatoms. The summed E-state index contributed by atoms with van der Waals surface area (Å²) in [6.07, 6.45) is 3.80. The number of hydrogen-bond donors (Lipinski definition) is 3. The summed E-state index contributed by atoms with van der Waals surface area (Å²) in [4.78, 5) is 30.8. The lowest BCUT2D eigenvalue weighted by molar-refractivity contribution is 0.0938. The molecule has 2 fully saturated rings. The van der Waals surface area contributed by atoms with Crippen LogP contribution in [0.1, 0.15) is 45.3 Å². The van der Waals surface area contributed by atoms with Crippen LogP contribution in [-0.2, 0) is 12.8 Å². The molecule has 1 aliphatic carbocycles. The van der Waals surface area contributed by atoms with E-state index in [9.17, 15) is 4.79 Å². The summed E-state index contributed by atoms with van der Waals surface area (Å²) in [5.74, 6) is 2.43. The Balaban J connectivity index is 1.18. The number of nitrogen functional groups attached to an aromatic ring is 1.